The van der Waals surface area contributed by atoms with Crippen LogP contribution in [0.15, 0.2) is 24.3 Å². The van der Waals surface area contributed by atoms with Gasteiger partial charge in [0, 0.05) is 7.05 Å². The van der Waals surface area contributed by atoms with Crippen molar-refractivity contribution in [1.82, 2.24) is 9.55 Å². The second kappa shape index (κ2) is 3.05. The van der Waals surface area contributed by atoms with Gasteiger partial charge in [0.05, 0.1) is 10.7 Å². The Morgan fingerprint density at radius 1 is 1.08 bits per heavy atom. The van der Waals surface area contributed by atoms with Gasteiger partial charge in [-0.3, -0.25) is 0 Å². The maximum Gasteiger partial charge on any atom is 0.106 e. The maximum absolute atomic E-state index is 4.44. The Kier molecular flexibility index (Phi) is 1.89. The van der Waals surface area contributed by atoms with Crippen LogP contribution in [0.1, 0.15) is 5.82 Å². The molecule has 1 heterocycles. The summed E-state index contributed by atoms with van der Waals surface area (Å²) < 4.78 is 2.09. The van der Waals surface area contributed by atoms with Crippen molar-refractivity contribution in [2.24, 2.45) is 7.05 Å². The van der Waals surface area contributed by atoms with Gasteiger partial charge in [-0.2, -0.15) is 0 Å². The smallest absolute Gasteiger partial charge is 0.106 e. The number of rotatable bonds is 0. The van der Waals surface area contributed by atoms with Crippen molar-refractivity contribution in [2.75, 3.05) is 0 Å². The van der Waals surface area contributed by atoms with Crippen LogP contribution in [-0.2, 0) is 7.05 Å². The minimum atomic E-state index is 1.04. The van der Waals surface area contributed by atoms with E-state index < -0.39 is 0 Å². The Morgan fingerprint density at radius 3 is 2.54 bits per heavy atom. The first-order chi connectivity index (χ1) is 6.29. The SMILES string of the molecule is Cc1nc2/c(n1C)=C\C=C/C=C\C=2. The normalized spacial score (nSPS) is 24.2. The van der Waals surface area contributed by atoms with Gasteiger partial charge in [0.25, 0.3) is 0 Å². The molecule has 0 saturated carbocycles. The van der Waals surface area contributed by atoms with Crippen molar-refractivity contribution >= 4 is 12.2 Å². The first kappa shape index (κ1) is 8.05. The number of imidazole rings is 1. The Bertz CT molecular complexity index is 487. The quantitative estimate of drug-likeness (QED) is 0.554. The predicted octanol–water partition coefficient (Wildman–Crippen LogP) is 0.416. The van der Waals surface area contributed by atoms with Crippen molar-refractivity contribution in [3.8, 4) is 0 Å². The van der Waals surface area contributed by atoms with Gasteiger partial charge in [-0.1, -0.05) is 24.3 Å². The van der Waals surface area contributed by atoms with Crippen LogP contribution in [0.2, 0.25) is 0 Å². The molecule has 0 unspecified atom stereocenters. The lowest BCUT2D eigenvalue weighted by Gasteiger charge is -1.92. The van der Waals surface area contributed by atoms with E-state index in [9.17, 15) is 0 Å². The van der Waals surface area contributed by atoms with Gasteiger partial charge in [0.2, 0.25) is 0 Å². The molecule has 0 radical (unpaired) electrons. The molecule has 2 rings (SSSR count). The fraction of sp³-hybridized carbons (Fsp3) is 0.182. The summed E-state index contributed by atoms with van der Waals surface area (Å²) >= 11 is 0. The monoisotopic (exact) mass is 172 g/mol. The second-order valence-corrected chi connectivity index (χ2v) is 3.09. The van der Waals surface area contributed by atoms with Crippen LogP contribution in [0.4, 0.5) is 0 Å². The molecule has 0 saturated heterocycles. The van der Waals surface area contributed by atoms with E-state index in [1.807, 2.05) is 44.4 Å². The van der Waals surface area contributed by atoms with E-state index in [4.69, 9.17) is 0 Å². The van der Waals surface area contributed by atoms with E-state index >= 15 is 0 Å². The second-order valence-electron chi connectivity index (χ2n) is 3.09. The molecule has 2 nitrogen and oxygen atoms in total. The summed E-state index contributed by atoms with van der Waals surface area (Å²) in [6, 6.07) is 0. The highest BCUT2D eigenvalue weighted by Gasteiger charge is 1.97. The van der Waals surface area contributed by atoms with Crippen LogP contribution in [0.5, 0.6) is 0 Å². The first-order valence-corrected chi connectivity index (χ1v) is 4.34. The lowest BCUT2D eigenvalue weighted by atomic mass is 10.3. The lowest BCUT2D eigenvalue weighted by molar-refractivity contribution is 0.833. The first-order valence-electron chi connectivity index (χ1n) is 4.34. The molecule has 0 amide bonds. The zero-order chi connectivity index (χ0) is 9.26. The Morgan fingerprint density at radius 2 is 1.77 bits per heavy atom. The lowest BCUT2D eigenvalue weighted by Crippen LogP contribution is -2.28. The van der Waals surface area contributed by atoms with Crippen molar-refractivity contribution in [1.29, 1.82) is 0 Å². The van der Waals surface area contributed by atoms with Crippen molar-refractivity contribution < 1.29 is 0 Å². The van der Waals surface area contributed by atoms with E-state index in [2.05, 4.69) is 15.6 Å². The van der Waals surface area contributed by atoms with Gasteiger partial charge in [-0.15, -0.1) is 0 Å². The molecule has 1 aliphatic carbocycles. The molecule has 0 N–H and O–H groups in total. The van der Waals surface area contributed by atoms with Gasteiger partial charge < -0.3 is 4.57 Å². The van der Waals surface area contributed by atoms with Crippen LogP contribution in [0, 0.1) is 6.92 Å². The van der Waals surface area contributed by atoms with E-state index in [1.165, 1.54) is 0 Å². The van der Waals surface area contributed by atoms with Crippen LogP contribution in [0.3, 0.4) is 0 Å². The number of allylic oxidation sites excluding steroid dienone is 4. The molecule has 0 bridgehead atoms. The number of fused-ring (bicyclic) bond motifs is 1. The molecule has 1 aromatic rings. The molecular weight excluding hydrogens is 160 g/mol. The topological polar surface area (TPSA) is 17.8 Å². The number of nitrogens with zero attached hydrogens (tertiary/aromatic N) is 2. The zero-order valence-electron chi connectivity index (χ0n) is 7.86. The van der Waals surface area contributed by atoms with E-state index in [1.54, 1.807) is 0 Å². The summed E-state index contributed by atoms with van der Waals surface area (Å²) in [4.78, 5) is 4.44. The standard InChI is InChI=1S/C11H12N2/c1-9-12-10-7-5-3-4-6-8-11(10)13(9)2/h3-8H,1-2H3/b4-3?,5-3-,6-4-,7-5?,8-6?,10-7+,11-8+. The molecular formula is C11H12N2. The molecule has 0 fully saturated rings. The van der Waals surface area contributed by atoms with Crippen LogP contribution in [-0.4, -0.2) is 9.55 Å². The number of aryl methyl sites for hydroxylation is 1. The van der Waals surface area contributed by atoms with Crippen LogP contribution >= 0.6 is 0 Å². The van der Waals surface area contributed by atoms with Crippen LogP contribution < -0.4 is 10.7 Å². The minimum Gasteiger partial charge on any atom is -0.331 e. The summed E-state index contributed by atoms with van der Waals surface area (Å²) in [7, 11) is 2.03. The third kappa shape index (κ3) is 1.35. The highest BCUT2D eigenvalue weighted by atomic mass is 15.0. The van der Waals surface area contributed by atoms with Gasteiger partial charge >= 0.3 is 0 Å². The molecule has 0 aromatic carbocycles. The van der Waals surface area contributed by atoms with E-state index in [0.717, 1.165) is 16.5 Å². The summed E-state index contributed by atoms with van der Waals surface area (Å²) in [6.45, 7) is 2.01. The minimum absolute atomic E-state index is 1.04. The average Bonchev–Trinajstić information content (AvgIpc) is 2.31. The fourth-order valence-electron chi connectivity index (χ4n) is 1.39. The van der Waals surface area contributed by atoms with Gasteiger partial charge in [0.15, 0.2) is 0 Å². The summed E-state index contributed by atoms with van der Waals surface area (Å²) in [5.74, 6) is 1.04. The van der Waals surface area contributed by atoms with E-state index in [-0.39, 0.29) is 0 Å². The average molecular weight is 172 g/mol. The third-order valence-corrected chi connectivity index (χ3v) is 2.23. The van der Waals surface area contributed by atoms with Crippen molar-refractivity contribution in [2.45, 2.75) is 6.92 Å². The highest BCUT2D eigenvalue weighted by Crippen LogP contribution is 1.86. The summed E-state index contributed by atoms with van der Waals surface area (Å²) in [5, 5.41) is 2.21. The molecule has 66 valence electrons. The van der Waals surface area contributed by atoms with Gasteiger partial charge in [-0.25, -0.2) is 4.98 Å². The van der Waals surface area contributed by atoms with Crippen LogP contribution in [0.25, 0.3) is 12.2 Å². The molecule has 2 heteroatoms. The molecule has 0 atom stereocenters. The molecule has 0 spiro atoms. The zero-order valence-corrected chi connectivity index (χ0v) is 7.86. The molecule has 0 aliphatic heterocycles. The number of hydrogen-bond acceptors (Lipinski definition) is 1. The van der Waals surface area contributed by atoms with Crippen molar-refractivity contribution in [3.63, 3.8) is 0 Å². The largest absolute Gasteiger partial charge is 0.331 e. The Labute approximate surface area is 77.2 Å². The maximum atomic E-state index is 4.44. The predicted molar refractivity (Wildman–Crippen MR) is 54.4 cm³/mol. The number of aromatic nitrogens is 2. The Hall–Kier alpha value is -1.57. The highest BCUT2D eigenvalue weighted by molar-refractivity contribution is 5.45. The summed E-state index contributed by atoms with van der Waals surface area (Å²) in [6.07, 6.45) is 12.2. The number of hydrogen-bond donors (Lipinski definition) is 0. The summed E-state index contributed by atoms with van der Waals surface area (Å²) in [5.41, 5.74) is 0. The Balaban J connectivity index is 2.86. The third-order valence-electron chi connectivity index (χ3n) is 2.23. The van der Waals surface area contributed by atoms with Crippen molar-refractivity contribution in [3.05, 3.63) is 40.8 Å². The molecule has 13 heavy (non-hydrogen) atoms. The van der Waals surface area contributed by atoms with Gasteiger partial charge in [-0.05, 0) is 19.1 Å². The fourth-order valence-corrected chi connectivity index (χ4v) is 1.39. The molecule has 1 aromatic heterocycles. The molecule has 1 aliphatic rings. The van der Waals surface area contributed by atoms with Gasteiger partial charge in [0.1, 0.15) is 5.82 Å². The van der Waals surface area contributed by atoms with E-state index in [0.29, 0.717) is 0 Å².